The van der Waals surface area contributed by atoms with Crippen LogP contribution in [0.15, 0.2) is 12.1 Å². The number of anilines is 2. The molecule has 3 aromatic rings. The van der Waals surface area contributed by atoms with Crippen LogP contribution in [0.3, 0.4) is 0 Å². The van der Waals surface area contributed by atoms with Crippen LogP contribution >= 0.6 is 11.6 Å². The molecule has 6 rings (SSSR count). The van der Waals surface area contributed by atoms with Gasteiger partial charge in [-0.25, -0.2) is 13.2 Å². The topological polar surface area (TPSA) is 79.5 Å². The predicted octanol–water partition coefficient (Wildman–Crippen LogP) is 6.02. The Bertz CT molecular complexity index is 1580. The Morgan fingerprint density at radius 1 is 1.09 bits per heavy atom. The van der Waals surface area contributed by atoms with Crippen molar-refractivity contribution in [3.8, 4) is 17.1 Å². The number of nitrogen functional groups attached to an aromatic ring is 1. The third-order valence-electron chi connectivity index (χ3n) is 8.66. The summed E-state index contributed by atoms with van der Waals surface area (Å²) in [4.78, 5) is 12.8. The lowest BCUT2D eigenvalue weighted by molar-refractivity contribution is -0.137. The highest BCUT2D eigenvalue weighted by atomic mass is 35.5. The predicted molar refractivity (Wildman–Crippen MR) is 152 cm³/mol. The van der Waals surface area contributed by atoms with Crippen LogP contribution in [0.25, 0.3) is 22.0 Å². The van der Waals surface area contributed by atoms with Gasteiger partial charge in [-0.1, -0.05) is 18.5 Å². The molecule has 3 saturated heterocycles. The van der Waals surface area contributed by atoms with Crippen molar-refractivity contribution in [2.75, 3.05) is 50.5 Å². The zero-order valence-electron chi connectivity index (χ0n) is 23.6. The second-order valence-electron chi connectivity index (χ2n) is 12.3. The van der Waals surface area contributed by atoms with E-state index in [9.17, 15) is 13.2 Å². The second-order valence-corrected chi connectivity index (χ2v) is 12.7. The van der Waals surface area contributed by atoms with Crippen molar-refractivity contribution < 1.29 is 31.1 Å². The number of alkyl halides is 3. The first-order valence-electron chi connectivity index (χ1n) is 14.1. The maximum atomic E-state index is 16.4. The molecule has 0 radical (unpaired) electrons. The van der Waals surface area contributed by atoms with Crippen molar-refractivity contribution in [1.82, 2.24) is 20.2 Å². The minimum Gasteiger partial charge on any atom is -0.463 e. The molecule has 3 N–H and O–H groups in total. The van der Waals surface area contributed by atoms with Crippen molar-refractivity contribution >= 4 is 34.0 Å². The molecule has 232 valence electrons. The molecular formula is C29H31ClF6N6O. The first-order valence-corrected chi connectivity index (χ1v) is 14.5. The van der Waals surface area contributed by atoms with Crippen LogP contribution in [0.2, 0.25) is 5.02 Å². The quantitative estimate of drug-likeness (QED) is 0.264. The SMILES string of the molecule is CN1CCCC(C)(COc2nc(N3C[C@H]4CC[C@@H](C3)N4)c3cc(F)c(-c4c(F)c(N)cc(Cl)c4C(F)(F)F)c(F)c3n2)C1. The zero-order valence-corrected chi connectivity index (χ0v) is 24.3. The largest absolute Gasteiger partial charge is 0.463 e. The number of benzene rings is 2. The monoisotopic (exact) mass is 628 g/mol. The fourth-order valence-corrected chi connectivity index (χ4v) is 7.08. The Morgan fingerprint density at radius 2 is 1.79 bits per heavy atom. The fraction of sp³-hybridized carbons (Fsp3) is 0.517. The zero-order chi connectivity index (χ0) is 30.8. The summed E-state index contributed by atoms with van der Waals surface area (Å²) in [5.74, 6) is -4.40. The molecule has 3 atom stereocenters. The van der Waals surface area contributed by atoms with Crippen LogP contribution in [-0.4, -0.2) is 66.8 Å². The molecule has 1 unspecified atom stereocenters. The van der Waals surface area contributed by atoms with Crippen LogP contribution in [0.1, 0.15) is 38.2 Å². The van der Waals surface area contributed by atoms with Crippen LogP contribution < -0.4 is 20.7 Å². The maximum absolute atomic E-state index is 16.4. The van der Waals surface area contributed by atoms with Gasteiger partial charge in [0.15, 0.2) is 11.6 Å². The van der Waals surface area contributed by atoms with E-state index in [1.54, 1.807) is 0 Å². The van der Waals surface area contributed by atoms with E-state index in [0.717, 1.165) is 44.8 Å². The van der Waals surface area contributed by atoms with Crippen molar-refractivity contribution in [1.29, 1.82) is 0 Å². The number of halogens is 7. The Morgan fingerprint density at radius 3 is 2.44 bits per heavy atom. The van der Waals surface area contributed by atoms with Gasteiger partial charge in [-0.3, -0.25) is 0 Å². The number of nitrogens with zero attached hydrogens (tertiary/aromatic N) is 4. The second kappa shape index (κ2) is 10.8. The van der Waals surface area contributed by atoms with E-state index in [0.29, 0.717) is 19.2 Å². The molecule has 0 spiro atoms. The lowest BCUT2D eigenvalue weighted by atomic mass is 9.83. The Balaban J connectivity index is 1.53. The highest BCUT2D eigenvalue weighted by Gasteiger charge is 2.41. The Hall–Kier alpha value is -3.03. The van der Waals surface area contributed by atoms with Gasteiger partial charge in [0.2, 0.25) is 0 Å². The van der Waals surface area contributed by atoms with Gasteiger partial charge in [-0.15, -0.1) is 0 Å². The van der Waals surface area contributed by atoms with Crippen molar-refractivity contribution in [2.45, 2.75) is 50.9 Å². The van der Waals surface area contributed by atoms with E-state index in [4.69, 9.17) is 22.1 Å². The average molecular weight is 629 g/mol. The van der Waals surface area contributed by atoms with Gasteiger partial charge < -0.3 is 25.6 Å². The first-order chi connectivity index (χ1) is 20.2. The summed E-state index contributed by atoms with van der Waals surface area (Å²) in [7, 11) is 2.00. The lowest BCUT2D eigenvalue weighted by Crippen LogP contribution is -2.51. The highest BCUT2D eigenvalue weighted by molar-refractivity contribution is 6.32. The van der Waals surface area contributed by atoms with Gasteiger partial charge >= 0.3 is 12.2 Å². The molecular weight excluding hydrogens is 598 g/mol. The summed E-state index contributed by atoms with van der Waals surface area (Å²) < 4.78 is 95.7. The molecule has 4 heterocycles. The number of nitrogens with one attached hydrogen (secondary N) is 1. The van der Waals surface area contributed by atoms with Gasteiger partial charge in [-0.05, 0) is 51.4 Å². The van der Waals surface area contributed by atoms with Gasteiger partial charge in [0.1, 0.15) is 17.2 Å². The summed E-state index contributed by atoms with van der Waals surface area (Å²) >= 11 is 5.81. The number of rotatable bonds is 5. The number of piperidine rings is 1. The molecule has 3 aliphatic rings. The number of hydrogen-bond acceptors (Lipinski definition) is 7. The Kier molecular flexibility index (Phi) is 7.57. The van der Waals surface area contributed by atoms with Gasteiger partial charge in [0.05, 0.1) is 28.4 Å². The number of aromatic nitrogens is 2. The summed E-state index contributed by atoms with van der Waals surface area (Å²) in [6.45, 7) is 4.93. The van der Waals surface area contributed by atoms with E-state index in [1.807, 2.05) is 11.9 Å². The standard InChI is InChI=1S/C29H31ClF6N6O/c1-28(6-3-7-41(2)12-28)13-43-27-39-25-16(26(40-27)42-10-14-4-5-15(11-42)38-14)8-18(31)20(24(25)33)21-22(29(34,35)36)17(30)9-19(37)23(21)32/h8-9,14-15,38H,3-7,10-13,37H2,1-2H3/t14-,15+,28?. The molecule has 0 aliphatic carbocycles. The first kappa shape index (κ1) is 30.0. The molecule has 14 heteroatoms. The molecule has 3 fully saturated rings. The van der Waals surface area contributed by atoms with Gasteiger partial charge in [-0.2, -0.15) is 23.1 Å². The third-order valence-corrected chi connectivity index (χ3v) is 8.96. The lowest BCUT2D eigenvalue weighted by Gasteiger charge is -2.38. The average Bonchev–Trinajstić information content (AvgIpc) is 3.26. The van der Waals surface area contributed by atoms with Gasteiger partial charge in [0, 0.05) is 48.1 Å². The summed E-state index contributed by atoms with van der Waals surface area (Å²) in [5.41, 5.74) is -0.420. The Labute approximate surface area is 249 Å². The number of nitrogens with two attached hydrogens (primary N) is 1. The highest BCUT2D eigenvalue weighted by Crippen LogP contribution is 2.47. The number of likely N-dealkylation sites (tertiary alicyclic amines) is 1. The number of fused-ring (bicyclic) bond motifs is 3. The van der Waals surface area contributed by atoms with Crippen LogP contribution in [0, 0.1) is 22.9 Å². The normalized spacial score (nSPS) is 24.6. The van der Waals surface area contributed by atoms with Crippen molar-refractivity contribution in [3.63, 3.8) is 0 Å². The van der Waals surface area contributed by atoms with Crippen LogP contribution in [-0.2, 0) is 6.18 Å². The molecule has 43 heavy (non-hydrogen) atoms. The molecule has 7 nitrogen and oxygen atoms in total. The summed E-state index contributed by atoms with van der Waals surface area (Å²) in [6.07, 6.45) is -1.58. The smallest absolute Gasteiger partial charge is 0.418 e. The number of piperazine rings is 1. The molecule has 2 bridgehead atoms. The minimum atomic E-state index is -5.25. The van der Waals surface area contributed by atoms with E-state index in [1.165, 1.54) is 0 Å². The summed E-state index contributed by atoms with van der Waals surface area (Å²) in [6, 6.07) is 1.47. The molecule has 3 aliphatic heterocycles. The van der Waals surface area contributed by atoms with Crippen molar-refractivity contribution in [2.24, 2.45) is 5.41 Å². The van der Waals surface area contributed by atoms with Crippen LogP contribution in [0.4, 0.5) is 37.8 Å². The number of hydrogen-bond donors (Lipinski definition) is 2. The molecule has 0 saturated carbocycles. The third kappa shape index (κ3) is 5.55. The van der Waals surface area contributed by atoms with E-state index >= 15 is 13.2 Å². The molecule has 2 aromatic carbocycles. The minimum absolute atomic E-state index is 0.0695. The van der Waals surface area contributed by atoms with E-state index < -0.39 is 56.5 Å². The van der Waals surface area contributed by atoms with Crippen LogP contribution in [0.5, 0.6) is 6.01 Å². The fourth-order valence-electron chi connectivity index (χ4n) is 6.76. The van der Waals surface area contributed by atoms with Crippen molar-refractivity contribution in [3.05, 3.63) is 40.2 Å². The van der Waals surface area contributed by atoms with E-state index in [-0.39, 0.29) is 41.3 Å². The molecule has 1 aromatic heterocycles. The number of ether oxygens (including phenoxy) is 1. The van der Waals surface area contributed by atoms with Gasteiger partial charge in [0.25, 0.3) is 0 Å². The maximum Gasteiger partial charge on any atom is 0.418 e. The molecule has 0 amide bonds. The summed E-state index contributed by atoms with van der Waals surface area (Å²) in [5, 5.41) is 2.42. The van der Waals surface area contributed by atoms with E-state index in [2.05, 4.69) is 27.1 Å².